The van der Waals surface area contributed by atoms with E-state index in [9.17, 15) is 0 Å². The maximum absolute atomic E-state index is 8.30. The summed E-state index contributed by atoms with van der Waals surface area (Å²) < 4.78 is 0. The molecule has 74 valence electrons. The first kappa shape index (κ1) is 14.2. The highest BCUT2D eigenvalue weighted by Crippen LogP contribution is 1.96. The molecule has 0 saturated heterocycles. The lowest BCUT2D eigenvalue weighted by Crippen LogP contribution is -1.85. The number of unbranched alkanes of at least 4 members (excludes halogenated alkanes) is 3. The van der Waals surface area contributed by atoms with Crippen LogP contribution in [-0.2, 0) is 0 Å². The second-order valence-electron chi connectivity index (χ2n) is 2.53. The number of hydrogen-bond acceptors (Lipinski definition) is 2. The zero-order valence-electron chi connectivity index (χ0n) is 8.29. The Labute approximate surface area is 75.9 Å². The summed E-state index contributed by atoms with van der Waals surface area (Å²) in [5, 5.41) is 16.6. The second-order valence-corrected chi connectivity index (χ2v) is 2.53. The van der Waals surface area contributed by atoms with E-state index in [1.165, 1.54) is 0 Å². The van der Waals surface area contributed by atoms with Crippen LogP contribution in [0.4, 0.5) is 0 Å². The van der Waals surface area contributed by atoms with Gasteiger partial charge in [-0.05, 0) is 26.7 Å². The summed E-state index contributed by atoms with van der Waals surface area (Å²) >= 11 is 0. The predicted octanol–water partition coefficient (Wildman–Crippen LogP) is 2.11. The van der Waals surface area contributed by atoms with E-state index in [-0.39, 0.29) is 13.2 Å². The first-order valence-electron chi connectivity index (χ1n) is 4.62. The molecule has 2 heteroatoms. The smallest absolute Gasteiger partial charge is 0.0431 e. The van der Waals surface area contributed by atoms with Gasteiger partial charge in [0, 0.05) is 13.2 Å². The van der Waals surface area contributed by atoms with Gasteiger partial charge in [-0.15, -0.1) is 0 Å². The van der Waals surface area contributed by atoms with Crippen molar-refractivity contribution in [3.8, 4) is 0 Å². The molecule has 2 nitrogen and oxygen atoms in total. The zero-order chi connectivity index (χ0) is 9.66. The van der Waals surface area contributed by atoms with Gasteiger partial charge in [-0.3, -0.25) is 0 Å². The first-order chi connectivity index (χ1) is 5.83. The van der Waals surface area contributed by atoms with Crippen molar-refractivity contribution < 1.29 is 10.2 Å². The minimum atomic E-state index is 0.283. The molecular formula is C10H22O2. The molecule has 0 aliphatic rings. The van der Waals surface area contributed by atoms with Crippen molar-refractivity contribution in [3.05, 3.63) is 12.2 Å². The Bertz CT molecular complexity index is 69.9. The average Bonchev–Trinajstić information content (AvgIpc) is 2.13. The molecule has 0 aliphatic carbocycles. The van der Waals surface area contributed by atoms with Gasteiger partial charge in [0.2, 0.25) is 0 Å². The first-order valence-corrected chi connectivity index (χ1v) is 4.62. The number of aliphatic hydroxyl groups is 2. The van der Waals surface area contributed by atoms with Crippen molar-refractivity contribution in [2.24, 2.45) is 0 Å². The van der Waals surface area contributed by atoms with Gasteiger partial charge < -0.3 is 10.2 Å². The van der Waals surface area contributed by atoms with Gasteiger partial charge >= 0.3 is 0 Å². The van der Waals surface area contributed by atoms with Crippen LogP contribution in [0.2, 0.25) is 0 Å². The monoisotopic (exact) mass is 174 g/mol. The van der Waals surface area contributed by atoms with Crippen molar-refractivity contribution in [2.45, 2.75) is 39.5 Å². The summed E-state index contributed by atoms with van der Waals surface area (Å²) in [7, 11) is 0. The molecule has 0 aliphatic heterocycles. The van der Waals surface area contributed by atoms with Crippen molar-refractivity contribution in [3.63, 3.8) is 0 Å². The number of allylic oxidation sites excluding steroid dienone is 2. The fourth-order valence-corrected chi connectivity index (χ4v) is 0.577. The number of hydrogen-bond donors (Lipinski definition) is 2. The van der Waals surface area contributed by atoms with Crippen LogP contribution in [0.25, 0.3) is 0 Å². The van der Waals surface area contributed by atoms with Gasteiger partial charge in [-0.25, -0.2) is 0 Å². The molecule has 0 bridgehead atoms. The second kappa shape index (κ2) is 17.0. The van der Waals surface area contributed by atoms with Gasteiger partial charge in [0.25, 0.3) is 0 Å². The molecule has 0 aromatic carbocycles. The summed E-state index contributed by atoms with van der Waals surface area (Å²) in [5.41, 5.74) is 0. The largest absolute Gasteiger partial charge is 0.396 e. The van der Waals surface area contributed by atoms with Gasteiger partial charge in [-0.1, -0.05) is 25.0 Å². The summed E-state index contributed by atoms with van der Waals surface area (Å²) in [5.74, 6) is 0. The molecule has 2 N–H and O–H groups in total. The Hall–Kier alpha value is -0.340. The number of rotatable bonds is 5. The Morgan fingerprint density at radius 2 is 1.08 bits per heavy atom. The summed E-state index contributed by atoms with van der Waals surface area (Å²) in [6.07, 6.45) is 7.83. The lowest BCUT2D eigenvalue weighted by atomic mass is 10.2. The van der Waals surface area contributed by atoms with E-state index in [0.29, 0.717) is 0 Å². The lowest BCUT2D eigenvalue weighted by Gasteiger charge is -1.93. The molecule has 12 heavy (non-hydrogen) atoms. The van der Waals surface area contributed by atoms with Crippen LogP contribution < -0.4 is 0 Å². The van der Waals surface area contributed by atoms with Crippen LogP contribution in [0.1, 0.15) is 39.5 Å². The molecule has 0 amide bonds. The molecule has 0 fully saturated rings. The van der Waals surface area contributed by atoms with E-state index < -0.39 is 0 Å². The van der Waals surface area contributed by atoms with Crippen molar-refractivity contribution in [1.29, 1.82) is 0 Å². The van der Waals surface area contributed by atoms with Gasteiger partial charge in [-0.2, -0.15) is 0 Å². The Balaban J connectivity index is 0. The third-order valence-electron chi connectivity index (χ3n) is 1.40. The summed E-state index contributed by atoms with van der Waals surface area (Å²) in [4.78, 5) is 0. The van der Waals surface area contributed by atoms with E-state index in [1.54, 1.807) is 0 Å². The van der Waals surface area contributed by atoms with Crippen molar-refractivity contribution in [1.82, 2.24) is 0 Å². The third-order valence-corrected chi connectivity index (χ3v) is 1.40. The molecule has 0 heterocycles. The van der Waals surface area contributed by atoms with E-state index in [1.807, 2.05) is 26.0 Å². The minimum Gasteiger partial charge on any atom is -0.396 e. The fourth-order valence-electron chi connectivity index (χ4n) is 0.577. The van der Waals surface area contributed by atoms with Crippen LogP contribution in [0.3, 0.4) is 0 Å². The van der Waals surface area contributed by atoms with Gasteiger partial charge in [0.05, 0.1) is 0 Å². The van der Waals surface area contributed by atoms with Crippen LogP contribution >= 0.6 is 0 Å². The van der Waals surface area contributed by atoms with E-state index in [2.05, 4.69) is 0 Å². The minimum absolute atomic E-state index is 0.283. The summed E-state index contributed by atoms with van der Waals surface area (Å²) in [6, 6.07) is 0. The molecule has 0 spiro atoms. The Kier molecular flexibility index (Phi) is 20.1. The lowest BCUT2D eigenvalue weighted by molar-refractivity contribution is 0.265. The molecule has 0 saturated carbocycles. The molecular weight excluding hydrogens is 152 g/mol. The molecule has 0 radical (unpaired) electrons. The van der Waals surface area contributed by atoms with Crippen LogP contribution in [-0.4, -0.2) is 23.4 Å². The van der Waals surface area contributed by atoms with Crippen LogP contribution in [0, 0.1) is 0 Å². The maximum Gasteiger partial charge on any atom is 0.0431 e. The highest BCUT2D eigenvalue weighted by atomic mass is 16.3. The van der Waals surface area contributed by atoms with E-state index >= 15 is 0 Å². The molecule has 0 rings (SSSR count). The van der Waals surface area contributed by atoms with Crippen molar-refractivity contribution >= 4 is 0 Å². The normalized spacial score (nSPS) is 9.67. The highest BCUT2D eigenvalue weighted by Gasteiger charge is 1.84. The average molecular weight is 174 g/mol. The van der Waals surface area contributed by atoms with Gasteiger partial charge in [0.15, 0.2) is 0 Å². The Morgan fingerprint density at radius 3 is 1.25 bits per heavy atom. The van der Waals surface area contributed by atoms with Crippen molar-refractivity contribution in [2.75, 3.05) is 13.2 Å². The quantitative estimate of drug-likeness (QED) is 0.495. The topological polar surface area (TPSA) is 40.5 Å². The number of aliphatic hydroxyl groups excluding tert-OH is 2. The Morgan fingerprint density at radius 1 is 0.750 bits per heavy atom. The highest BCUT2D eigenvalue weighted by molar-refractivity contribution is 4.68. The molecule has 0 aromatic rings. The van der Waals surface area contributed by atoms with Gasteiger partial charge in [0.1, 0.15) is 0 Å². The third kappa shape index (κ3) is 22.6. The van der Waals surface area contributed by atoms with Crippen LogP contribution in [0.5, 0.6) is 0 Å². The standard InChI is InChI=1S/C6H14O2.C4H8/c7-5-3-1-2-4-6-8;1-3-4-2/h7-8H,1-6H2;3-4H,1-2H3. The maximum atomic E-state index is 8.30. The SMILES string of the molecule is CC=CC.OCCCCCCO. The predicted molar refractivity (Wildman–Crippen MR) is 53.1 cm³/mol. The zero-order valence-corrected chi connectivity index (χ0v) is 8.29. The summed E-state index contributed by atoms with van der Waals surface area (Å²) in [6.45, 7) is 4.57. The molecule has 0 unspecified atom stereocenters. The van der Waals surface area contributed by atoms with E-state index in [4.69, 9.17) is 10.2 Å². The molecule has 0 atom stereocenters. The molecule has 0 aromatic heterocycles. The fraction of sp³-hybridized carbons (Fsp3) is 0.800. The van der Waals surface area contributed by atoms with Crippen LogP contribution in [0.15, 0.2) is 12.2 Å². The van der Waals surface area contributed by atoms with E-state index in [0.717, 1.165) is 25.7 Å².